The van der Waals surface area contributed by atoms with Gasteiger partial charge in [0.05, 0.1) is 5.56 Å². The van der Waals surface area contributed by atoms with Crippen molar-refractivity contribution in [3.05, 3.63) is 47.1 Å². The van der Waals surface area contributed by atoms with E-state index >= 15 is 0 Å². The standard InChI is InChI=1S/C13H14F3N3O/c1-8(17)6-12-18-11(19-20-12)7-9-4-2-3-5-10(9)13(14,15)16/h2-5,8H,6-7,17H2,1H3. The van der Waals surface area contributed by atoms with Crippen molar-refractivity contribution in [1.82, 2.24) is 10.1 Å². The zero-order valence-electron chi connectivity index (χ0n) is 10.8. The van der Waals surface area contributed by atoms with E-state index < -0.39 is 11.7 Å². The van der Waals surface area contributed by atoms with Gasteiger partial charge in [0, 0.05) is 18.9 Å². The Morgan fingerprint density at radius 1 is 1.30 bits per heavy atom. The molecular formula is C13H14F3N3O. The molecule has 1 unspecified atom stereocenters. The highest BCUT2D eigenvalue weighted by Crippen LogP contribution is 2.32. The Bertz CT molecular complexity index is 578. The average molecular weight is 285 g/mol. The van der Waals surface area contributed by atoms with Crippen LogP contribution in [-0.4, -0.2) is 16.2 Å². The van der Waals surface area contributed by atoms with Gasteiger partial charge in [-0.05, 0) is 18.6 Å². The third-order valence-corrected chi connectivity index (χ3v) is 2.68. The number of alkyl halides is 3. The van der Waals surface area contributed by atoms with Crippen molar-refractivity contribution >= 4 is 0 Å². The molecule has 0 aliphatic carbocycles. The number of nitrogens with zero attached hydrogens (tertiary/aromatic N) is 2. The second-order valence-corrected chi connectivity index (χ2v) is 4.62. The van der Waals surface area contributed by atoms with E-state index in [9.17, 15) is 13.2 Å². The molecule has 2 N–H and O–H groups in total. The SMILES string of the molecule is CC(N)Cc1nc(Cc2ccccc2C(F)(F)F)no1. The molecule has 0 bridgehead atoms. The minimum absolute atomic E-state index is 0.0296. The number of aromatic nitrogens is 2. The molecule has 0 saturated heterocycles. The van der Waals surface area contributed by atoms with Gasteiger partial charge >= 0.3 is 6.18 Å². The quantitative estimate of drug-likeness (QED) is 0.937. The number of hydrogen-bond donors (Lipinski definition) is 1. The van der Waals surface area contributed by atoms with Crippen LogP contribution in [0.1, 0.15) is 29.8 Å². The molecule has 1 atom stereocenters. The second kappa shape index (κ2) is 5.62. The van der Waals surface area contributed by atoms with Gasteiger partial charge in [-0.15, -0.1) is 0 Å². The predicted molar refractivity (Wildman–Crippen MR) is 65.9 cm³/mol. The molecule has 4 nitrogen and oxygen atoms in total. The maximum atomic E-state index is 12.8. The van der Waals surface area contributed by atoms with Crippen LogP contribution < -0.4 is 5.73 Å². The summed E-state index contributed by atoms with van der Waals surface area (Å²) in [5.41, 5.74) is 5.03. The highest BCUT2D eigenvalue weighted by Gasteiger charge is 2.33. The Kier molecular flexibility index (Phi) is 4.08. The van der Waals surface area contributed by atoms with E-state index in [0.29, 0.717) is 12.3 Å². The highest BCUT2D eigenvalue weighted by molar-refractivity contribution is 5.31. The molecule has 1 aromatic heterocycles. The number of nitrogens with two attached hydrogens (primary N) is 1. The minimum atomic E-state index is -4.39. The number of rotatable bonds is 4. The van der Waals surface area contributed by atoms with Crippen LogP contribution in [0.25, 0.3) is 0 Å². The van der Waals surface area contributed by atoms with Gasteiger partial charge in [-0.3, -0.25) is 0 Å². The van der Waals surface area contributed by atoms with E-state index in [4.69, 9.17) is 10.3 Å². The Morgan fingerprint density at radius 2 is 2.00 bits per heavy atom. The summed E-state index contributed by atoms with van der Waals surface area (Å²) in [7, 11) is 0. The summed E-state index contributed by atoms with van der Waals surface area (Å²) >= 11 is 0. The molecule has 108 valence electrons. The monoisotopic (exact) mass is 285 g/mol. The van der Waals surface area contributed by atoms with E-state index in [1.807, 2.05) is 0 Å². The fourth-order valence-electron chi connectivity index (χ4n) is 1.84. The number of halogens is 3. The van der Waals surface area contributed by atoms with Gasteiger partial charge in [0.1, 0.15) is 0 Å². The van der Waals surface area contributed by atoms with Crippen molar-refractivity contribution in [2.75, 3.05) is 0 Å². The van der Waals surface area contributed by atoms with Crippen LogP contribution >= 0.6 is 0 Å². The van der Waals surface area contributed by atoms with Crippen LogP contribution in [0.3, 0.4) is 0 Å². The van der Waals surface area contributed by atoms with Crippen molar-refractivity contribution in [3.8, 4) is 0 Å². The first-order valence-corrected chi connectivity index (χ1v) is 6.08. The fraction of sp³-hybridized carbons (Fsp3) is 0.385. The van der Waals surface area contributed by atoms with Crippen LogP contribution in [0.2, 0.25) is 0 Å². The van der Waals surface area contributed by atoms with Gasteiger partial charge in [-0.1, -0.05) is 23.4 Å². The van der Waals surface area contributed by atoms with Gasteiger partial charge in [-0.25, -0.2) is 0 Å². The van der Waals surface area contributed by atoms with E-state index in [0.717, 1.165) is 6.07 Å². The third kappa shape index (κ3) is 3.57. The van der Waals surface area contributed by atoms with Gasteiger partial charge in [0.25, 0.3) is 0 Å². The maximum Gasteiger partial charge on any atom is 0.416 e. The zero-order valence-corrected chi connectivity index (χ0v) is 10.8. The molecule has 7 heteroatoms. The smallest absolute Gasteiger partial charge is 0.339 e. The lowest BCUT2D eigenvalue weighted by atomic mass is 10.0. The van der Waals surface area contributed by atoms with Gasteiger partial charge in [0.15, 0.2) is 5.82 Å². The van der Waals surface area contributed by atoms with Crippen molar-refractivity contribution in [3.63, 3.8) is 0 Å². The predicted octanol–water partition coefficient (Wildman–Crippen LogP) is 2.57. The van der Waals surface area contributed by atoms with E-state index in [2.05, 4.69) is 10.1 Å². The van der Waals surface area contributed by atoms with Crippen molar-refractivity contribution < 1.29 is 17.7 Å². The first-order valence-electron chi connectivity index (χ1n) is 6.08. The van der Waals surface area contributed by atoms with Gasteiger partial charge in [0.2, 0.25) is 5.89 Å². The first kappa shape index (κ1) is 14.5. The summed E-state index contributed by atoms with van der Waals surface area (Å²) in [6, 6.07) is 5.20. The third-order valence-electron chi connectivity index (χ3n) is 2.68. The number of benzene rings is 1. The Hall–Kier alpha value is -1.89. The van der Waals surface area contributed by atoms with Crippen LogP contribution in [0.5, 0.6) is 0 Å². The largest absolute Gasteiger partial charge is 0.416 e. The normalized spacial score (nSPS) is 13.4. The molecule has 0 fully saturated rings. The van der Waals surface area contributed by atoms with E-state index in [1.165, 1.54) is 12.1 Å². The maximum absolute atomic E-state index is 12.8. The first-order chi connectivity index (χ1) is 9.36. The van der Waals surface area contributed by atoms with Crippen molar-refractivity contribution in [2.24, 2.45) is 5.73 Å². The summed E-state index contributed by atoms with van der Waals surface area (Å²) in [6.45, 7) is 1.78. The summed E-state index contributed by atoms with van der Waals surface area (Å²) < 4.78 is 43.5. The molecule has 0 aliphatic heterocycles. The molecule has 0 amide bonds. The summed E-state index contributed by atoms with van der Waals surface area (Å²) in [5, 5.41) is 3.68. The Balaban J connectivity index is 2.20. The molecule has 0 radical (unpaired) electrons. The summed E-state index contributed by atoms with van der Waals surface area (Å²) in [4.78, 5) is 4.04. The highest BCUT2D eigenvalue weighted by atomic mass is 19.4. The van der Waals surface area contributed by atoms with Crippen molar-refractivity contribution in [1.29, 1.82) is 0 Å². The lowest BCUT2D eigenvalue weighted by Gasteiger charge is -2.10. The molecule has 20 heavy (non-hydrogen) atoms. The molecule has 0 saturated carbocycles. The molecule has 1 aromatic carbocycles. The molecule has 0 spiro atoms. The Morgan fingerprint density at radius 3 is 2.65 bits per heavy atom. The molecule has 1 heterocycles. The summed E-state index contributed by atoms with van der Waals surface area (Å²) in [5.74, 6) is 0.553. The lowest BCUT2D eigenvalue weighted by Crippen LogP contribution is -2.17. The molecule has 0 aliphatic rings. The fourth-order valence-corrected chi connectivity index (χ4v) is 1.84. The topological polar surface area (TPSA) is 64.9 Å². The van der Waals surface area contributed by atoms with Crippen molar-refractivity contribution in [2.45, 2.75) is 32.0 Å². The Labute approximate surface area is 113 Å². The van der Waals surface area contributed by atoms with Gasteiger partial charge < -0.3 is 10.3 Å². The van der Waals surface area contributed by atoms with Crippen LogP contribution in [0.4, 0.5) is 13.2 Å². The molecular weight excluding hydrogens is 271 g/mol. The average Bonchev–Trinajstić information content (AvgIpc) is 2.75. The van der Waals surface area contributed by atoms with Gasteiger partial charge in [-0.2, -0.15) is 18.2 Å². The van der Waals surface area contributed by atoms with Crippen LogP contribution in [0.15, 0.2) is 28.8 Å². The van der Waals surface area contributed by atoms with E-state index in [1.54, 1.807) is 13.0 Å². The second-order valence-electron chi connectivity index (χ2n) is 4.62. The molecule has 2 rings (SSSR count). The molecule has 2 aromatic rings. The van der Waals surface area contributed by atoms with Crippen LogP contribution in [-0.2, 0) is 19.0 Å². The van der Waals surface area contributed by atoms with Crippen LogP contribution in [0, 0.1) is 0 Å². The number of hydrogen-bond acceptors (Lipinski definition) is 4. The lowest BCUT2D eigenvalue weighted by molar-refractivity contribution is -0.138. The summed E-state index contributed by atoms with van der Waals surface area (Å²) in [6.07, 6.45) is -4.03. The zero-order chi connectivity index (χ0) is 14.8. The minimum Gasteiger partial charge on any atom is -0.339 e. The van der Waals surface area contributed by atoms with E-state index in [-0.39, 0.29) is 23.9 Å².